The molecule has 0 aliphatic carbocycles. The van der Waals surface area contributed by atoms with Crippen molar-refractivity contribution in [3.05, 3.63) is 71.3 Å². The minimum atomic E-state index is -0.356. The molecular weight excluding hydrogens is 310 g/mol. The van der Waals surface area contributed by atoms with Crippen LogP contribution in [0, 0.1) is 11.6 Å². The van der Waals surface area contributed by atoms with Crippen LogP contribution in [0.1, 0.15) is 24.2 Å². The van der Waals surface area contributed by atoms with E-state index >= 15 is 0 Å². The van der Waals surface area contributed by atoms with Crippen LogP contribution in [0.25, 0.3) is 0 Å². The fourth-order valence-electron chi connectivity index (χ4n) is 2.81. The number of ether oxygens (including phenoxy) is 1. The van der Waals surface area contributed by atoms with Crippen molar-refractivity contribution >= 4 is 5.84 Å². The van der Waals surface area contributed by atoms with Gasteiger partial charge in [-0.3, -0.25) is 4.99 Å². The van der Waals surface area contributed by atoms with E-state index in [1.807, 2.05) is 6.92 Å². The molecule has 0 unspecified atom stereocenters. The lowest BCUT2D eigenvalue weighted by molar-refractivity contribution is 0.0719. The highest BCUT2D eigenvalue weighted by Crippen LogP contribution is 2.26. The Bertz CT molecular complexity index is 653. The van der Waals surface area contributed by atoms with Crippen molar-refractivity contribution in [3.63, 3.8) is 0 Å². The van der Waals surface area contributed by atoms with Crippen LogP contribution in [0.3, 0.4) is 0 Å². The third-order valence-electron chi connectivity index (χ3n) is 4.16. The van der Waals surface area contributed by atoms with Gasteiger partial charge in [-0.25, -0.2) is 8.78 Å². The second-order valence-electron chi connectivity index (χ2n) is 5.77. The number of rotatable bonds is 6. The zero-order valence-electron chi connectivity index (χ0n) is 13.6. The predicted octanol–water partition coefficient (Wildman–Crippen LogP) is 3.80. The minimum Gasteiger partial charge on any atom is -0.367 e. The quantitative estimate of drug-likeness (QED) is 0.805. The molecule has 0 aromatic heterocycles. The number of halogens is 2. The van der Waals surface area contributed by atoms with Gasteiger partial charge in [0.05, 0.1) is 19.0 Å². The van der Waals surface area contributed by atoms with Crippen LogP contribution in [0.2, 0.25) is 0 Å². The summed E-state index contributed by atoms with van der Waals surface area (Å²) in [4.78, 5) is 6.53. The molecule has 5 heteroatoms. The first-order valence-electron chi connectivity index (χ1n) is 8.02. The molecule has 0 radical (unpaired) electrons. The second kappa shape index (κ2) is 7.53. The Kier molecular flexibility index (Phi) is 5.20. The highest BCUT2D eigenvalue weighted by Gasteiger charge is 2.17. The van der Waals surface area contributed by atoms with E-state index in [0.29, 0.717) is 6.61 Å². The molecule has 0 spiro atoms. The van der Waals surface area contributed by atoms with Gasteiger partial charge in [0.2, 0.25) is 0 Å². The van der Waals surface area contributed by atoms with Crippen LogP contribution in [0.4, 0.5) is 8.78 Å². The summed E-state index contributed by atoms with van der Waals surface area (Å²) in [5.74, 6) is 0.444. The van der Waals surface area contributed by atoms with Crippen LogP contribution in [-0.4, -0.2) is 37.0 Å². The SMILES string of the molecule is CC1=NCCN1CCOC(c1ccc(F)cc1)c1ccc(F)cc1. The molecule has 0 amide bonds. The Morgan fingerprint density at radius 2 is 1.54 bits per heavy atom. The zero-order valence-corrected chi connectivity index (χ0v) is 13.6. The molecule has 1 aliphatic heterocycles. The first-order chi connectivity index (χ1) is 11.6. The normalized spacial score (nSPS) is 14.3. The summed E-state index contributed by atoms with van der Waals surface area (Å²) in [5.41, 5.74) is 1.68. The van der Waals surface area contributed by atoms with Gasteiger partial charge in [-0.15, -0.1) is 0 Å². The Balaban J connectivity index is 1.73. The number of aliphatic imine (C=N–C) groups is 1. The van der Waals surface area contributed by atoms with Crippen LogP contribution < -0.4 is 0 Å². The number of benzene rings is 2. The van der Waals surface area contributed by atoms with Gasteiger partial charge in [-0.2, -0.15) is 0 Å². The summed E-state index contributed by atoms with van der Waals surface area (Å²) in [6.07, 6.45) is -0.356. The van der Waals surface area contributed by atoms with Crippen molar-refractivity contribution in [2.24, 2.45) is 4.99 Å². The molecule has 0 bridgehead atoms. The largest absolute Gasteiger partial charge is 0.367 e. The van der Waals surface area contributed by atoms with Gasteiger partial charge in [0.1, 0.15) is 17.7 Å². The lowest BCUT2D eigenvalue weighted by atomic mass is 10.0. The predicted molar refractivity (Wildman–Crippen MR) is 90.1 cm³/mol. The van der Waals surface area contributed by atoms with E-state index in [4.69, 9.17) is 4.74 Å². The van der Waals surface area contributed by atoms with Crippen LogP contribution in [0.5, 0.6) is 0 Å². The molecule has 2 aromatic rings. The fraction of sp³-hybridized carbons (Fsp3) is 0.316. The van der Waals surface area contributed by atoms with Crippen LogP contribution in [-0.2, 0) is 4.74 Å². The van der Waals surface area contributed by atoms with Gasteiger partial charge in [-0.05, 0) is 42.3 Å². The van der Waals surface area contributed by atoms with Gasteiger partial charge < -0.3 is 9.64 Å². The van der Waals surface area contributed by atoms with E-state index in [1.54, 1.807) is 24.3 Å². The first-order valence-corrected chi connectivity index (χ1v) is 8.02. The van der Waals surface area contributed by atoms with Gasteiger partial charge >= 0.3 is 0 Å². The maximum Gasteiger partial charge on any atom is 0.123 e. The summed E-state index contributed by atoms with van der Waals surface area (Å²) in [6, 6.07) is 12.4. The Labute approximate surface area is 140 Å². The van der Waals surface area contributed by atoms with E-state index in [2.05, 4.69) is 9.89 Å². The number of hydrogen-bond donors (Lipinski definition) is 0. The lowest BCUT2D eigenvalue weighted by Gasteiger charge is -2.22. The van der Waals surface area contributed by atoms with Crippen molar-refractivity contribution in [1.82, 2.24) is 4.90 Å². The Morgan fingerprint density at radius 3 is 2.00 bits per heavy atom. The van der Waals surface area contributed by atoms with E-state index in [-0.39, 0.29) is 17.7 Å². The molecular formula is C19H20F2N2O. The van der Waals surface area contributed by atoms with Crippen molar-refractivity contribution in [2.45, 2.75) is 13.0 Å². The molecule has 0 atom stereocenters. The molecule has 0 saturated carbocycles. The van der Waals surface area contributed by atoms with E-state index < -0.39 is 0 Å². The molecule has 1 heterocycles. The zero-order chi connectivity index (χ0) is 16.9. The van der Waals surface area contributed by atoms with Crippen LogP contribution >= 0.6 is 0 Å². The highest BCUT2D eigenvalue weighted by molar-refractivity contribution is 5.81. The third kappa shape index (κ3) is 3.97. The molecule has 0 saturated heterocycles. The molecule has 24 heavy (non-hydrogen) atoms. The molecule has 1 aliphatic rings. The number of hydrogen-bond acceptors (Lipinski definition) is 3. The van der Waals surface area contributed by atoms with Crippen LogP contribution in [0.15, 0.2) is 53.5 Å². The van der Waals surface area contributed by atoms with Gasteiger partial charge in [0, 0.05) is 13.1 Å². The summed E-state index contributed by atoms with van der Waals surface area (Å²) in [7, 11) is 0. The summed E-state index contributed by atoms with van der Waals surface area (Å²) >= 11 is 0. The van der Waals surface area contributed by atoms with Crippen molar-refractivity contribution in [3.8, 4) is 0 Å². The van der Waals surface area contributed by atoms with Gasteiger partial charge in [-0.1, -0.05) is 24.3 Å². The minimum absolute atomic E-state index is 0.291. The average Bonchev–Trinajstić information content (AvgIpc) is 2.99. The molecule has 126 valence electrons. The monoisotopic (exact) mass is 330 g/mol. The Morgan fingerprint density at radius 1 is 1.00 bits per heavy atom. The smallest absolute Gasteiger partial charge is 0.123 e. The molecule has 0 fully saturated rings. The molecule has 3 rings (SSSR count). The van der Waals surface area contributed by atoms with Gasteiger partial charge in [0.15, 0.2) is 0 Å². The lowest BCUT2D eigenvalue weighted by Crippen LogP contribution is -2.30. The van der Waals surface area contributed by atoms with Crippen molar-refractivity contribution in [1.29, 1.82) is 0 Å². The topological polar surface area (TPSA) is 24.8 Å². The maximum absolute atomic E-state index is 13.2. The van der Waals surface area contributed by atoms with E-state index in [9.17, 15) is 8.78 Å². The van der Waals surface area contributed by atoms with Crippen molar-refractivity contribution < 1.29 is 13.5 Å². The number of amidine groups is 1. The molecule has 0 N–H and O–H groups in total. The van der Waals surface area contributed by atoms with E-state index in [1.165, 1.54) is 24.3 Å². The summed E-state index contributed by atoms with van der Waals surface area (Å²) < 4.78 is 32.5. The second-order valence-corrected chi connectivity index (χ2v) is 5.77. The number of nitrogens with zero attached hydrogens (tertiary/aromatic N) is 2. The van der Waals surface area contributed by atoms with E-state index in [0.717, 1.165) is 36.6 Å². The first kappa shape index (κ1) is 16.6. The molecule has 2 aromatic carbocycles. The fourth-order valence-corrected chi connectivity index (χ4v) is 2.81. The Hall–Kier alpha value is -2.27. The van der Waals surface area contributed by atoms with Crippen molar-refractivity contribution in [2.75, 3.05) is 26.2 Å². The maximum atomic E-state index is 13.2. The van der Waals surface area contributed by atoms with Gasteiger partial charge in [0.25, 0.3) is 0 Å². The highest BCUT2D eigenvalue weighted by atomic mass is 19.1. The summed E-state index contributed by atoms with van der Waals surface area (Å²) in [6.45, 7) is 4.98. The molecule has 3 nitrogen and oxygen atoms in total. The third-order valence-corrected chi connectivity index (χ3v) is 4.16. The standard InChI is InChI=1S/C19H20F2N2O/c1-14-22-10-11-23(14)12-13-24-19(15-2-6-17(20)7-3-15)16-4-8-18(21)9-5-16/h2-9,19H,10-13H2,1H3. The average molecular weight is 330 g/mol. The summed E-state index contributed by atoms with van der Waals surface area (Å²) in [5, 5.41) is 0.